The summed E-state index contributed by atoms with van der Waals surface area (Å²) in [6, 6.07) is 14.7. The highest BCUT2D eigenvalue weighted by Gasteiger charge is 2.26. The van der Waals surface area contributed by atoms with Gasteiger partial charge in [-0.05, 0) is 35.9 Å². The first-order valence-electron chi connectivity index (χ1n) is 8.23. The maximum Gasteiger partial charge on any atom is 0.291 e. The van der Waals surface area contributed by atoms with Gasteiger partial charge < -0.3 is 9.47 Å². The largest absolute Gasteiger partial charge is 0.485 e. The van der Waals surface area contributed by atoms with Crippen molar-refractivity contribution in [3.63, 3.8) is 0 Å². The Hall–Kier alpha value is -2.90. The molecule has 1 atom stereocenters. The van der Waals surface area contributed by atoms with Crippen molar-refractivity contribution in [3.05, 3.63) is 79.8 Å². The third-order valence-electron chi connectivity index (χ3n) is 4.14. The lowest BCUT2D eigenvalue weighted by Gasteiger charge is -2.24. The highest BCUT2D eigenvalue weighted by atomic mass is 35.5. The molecule has 6 nitrogen and oxygen atoms in total. The van der Waals surface area contributed by atoms with Gasteiger partial charge in [0.15, 0.2) is 23.4 Å². The Labute approximate surface area is 162 Å². The number of halogens is 1. The Balaban J connectivity index is 1.50. The van der Waals surface area contributed by atoms with E-state index in [-0.39, 0.29) is 5.56 Å². The lowest BCUT2D eigenvalue weighted by atomic mass is 10.2. The average molecular weight is 398 g/mol. The first kappa shape index (κ1) is 16.3. The Morgan fingerprint density at radius 3 is 2.85 bits per heavy atom. The van der Waals surface area contributed by atoms with Crippen molar-refractivity contribution < 1.29 is 9.47 Å². The van der Waals surface area contributed by atoms with Crippen molar-refractivity contribution >= 4 is 34.0 Å². The molecule has 2 aromatic carbocycles. The number of benzene rings is 2. The van der Waals surface area contributed by atoms with Crippen molar-refractivity contribution in [3.8, 4) is 11.5 Å². The molecule has 27 heavy (non-hydrogen) atoms. The summed E-state index contributed by atoms with van der Waals surface area (Å²) in [6.45, 7) is 0.296. The van der Waals surface area contributed by atoms with E-state index in [1.54, 1.807) is 18.2 Å². The second-order valence-corrected chi connectivity index (χ2v) is 7.44. The molecule has 0 radical (unpaired) electrons. The minimum atomic E-state index is -0.452. The van der Waals surface area contributed by atoms with Crippen LogP contribution in [0.2, 0.25) is 5.02 Å². The number of hydrogen-bond acceptors (Lipinski definition) is 6. The van der Waals surface area contributed by atoms with Gasteiger partial charge in [-0.3, -0.25) is 4.79 Å². The van der Waals surface area contributed by atoms with E-state index < -0.39 is 6.10 Å². The molecule has 0 saturated carbocycles. The van der Waals surface area contributed by atoms with Crippen molar-refractivity contribution in [2.75, 3.05) is 6.61 Å². The van der Waals surface area contributed by atoms with Crippen LogP contribution in [0.3, 0.4) is 0 Å². The SMILES string of the molecule is O=c1/c(=C/c2cccc(Cl)c2)sc2nc(C3COc4ccccc4O3)nn12. The van der Waals surface area contributed by atoms with Gasteiger partial charge in [0.2, 0.25) is 4.96 Å². The first-order valence-corrected chi connectivity index (χ1v) is 9.42. The van der Waals surface area contributed by atoms with Gasteiger partial charge in [0.25, 0.3) is 5.56 Å². The number of hydrogen-bond donors (Lipinski definition) is 0. The summed E-state index contributed by atoms with van der Waals surface area (Å²) >= 11 is 7.28. The third-order valence-corrected chi connectivity index (χ3v) is 5.34. The zero-order chi connectivity index (χ0) is 18.4. The van der Waals surface area contributed by atoms with E-state index in [1.807, 2.05) is 36.4 Å². The third kappa shape index (κ3) is 2.94. The van der Waals surface area contributed by atoms with Crippen LogP contribution in [0.15, 0.2) is 53.3 Å². The normalized spacial score (nSPS) is 16.8. The smallest absolute Gasteiger partial charge is 0.291 e. The molecule has 1 aliphatic heterocycles. The fourth-order valence-electron chi connectivity index (χ4n) is 2.88. The van der Waals surface area contributed by atoms with Gasteiger partial charge in [0.05, 0.1) is 4.53 Å². The van der Waals surface area contributed by atoms with Crippen LogP contribution in [0.4, 0.5) is 0 Å². The zero-order valence-electron chi connectivity index (χ0n) is 13.8. The van der Waals surface area contributed by atoms with Crippen LogP contribution in [-0.4, -0.2) is 21.2 Å². The van der Waals surface area contributed by atoms with Crippen LogP contribution in [0, 0.1) is 0 Å². The van der Waals surface area contributed by atoms with E-state index in [0.29, 0.717) is 38.4 Å². The van der Waals surface area contributed by atoms with Crippen molar-refractivity contribution in [1.29, 1.82) is 0 Å². The fourth-order valence-corrected chi connectivity index (χ4v) is 3.99. The molecule has 134 valence electrons. The van der Waals surface area contributed by atoms with E-state index in [0.717, 1.165) is 5.56 Å². The van der Waals surface area contributed by atoms with Crippen LogP contribution in [0.1, 0.15) is 17.5 Å². The number of nitrogens with zero attached hydrogens (tertiary/aromatic N) is 3. The van der Waals surface area contributed by atoms with Gasteiger partial charge in [-0.15, -0.1) is 5.10 Å². The molecule has 0 amide bonds. The fraction of sp³-hybridized carbons (Fsp3) is 0.105. The number of ether oxygens (including phenoxy) is 2. The van der Waals surface area contributed by atoms with Gasteiger partial charge in [-0.2, -0.15) is 9.50 Å². The molecule has 5 rings (SSSR count). The van der Waals surface area contributed by atoms with Gasteiger partial charge in [0.1, 0.15) is 6.61 Å². The quantitative estimate of drug-likeness (QED) is 0.520. The monoisotopic (exact) mass is 397 g/mol. The molecule has 0 aliphatic carbocycles. The number of fused-ring (bicyclic) bond motifs is 2. The van der Waals surface area contributed by atoms with Crippen LogP contribution in [0.5, 0.6) is 11.5 Å². The molecule has 1 unspecified atom stereocenters. The summed E-state index contributed by atoms with van der Waals surface area (Å²) < 4.78 is 13.5. The van der Waals surface area contributed by atoms with Crippen LogP contribution in [-0.2, 0) is 0 Å². The summed E-state index contributed by atoms with van der Waals surface area (Å²) in [7, 11) is 0. The summed E-state index contributed by atoms with van der Waals surface area (Å²) in [4.78, 5) is 17.6. The zero-order valence-corrected chi connectivity index (χ0v) is 15.4. The topological polar surface area (TPSA) is 65.7 Å². The van der Waals surface area contributed by atoms with E-state index >= 15 is 0 Å². The van der Waals surface area contributed by atoms with Crippen LogP contribution in [0.25, 0.3) is 11.0 Å². The van der Waals surface area contributed by atoms with E-state index in [4.69, 9.17) is 21.1 Å². The van der Waals surface area contributed by atoms with Gasteiger partial charge in [0, 0.05) is 5.02 Å². The predicted molar refractivity (Wildman–Crippen MR) is 103 cm³/mol. The summed E-state index contributed by atoms with van der Waals surface area (Å²) in [5.74, 6) is 1.77. The molecule has 3 heterocycles. The summed E-state index contributed by atoms with van der Waals surface area (Å²) in [6.07, 6.45) is 1.33. The Bertz CT molecular complexity index is 1270. The lowest BCUT2D eigenvalue weighted by Crippen LogP contribution is -2.26. The first-order chi connectivity index (χ1) is 13.2. The van der Waals surface area contributed by atoms with Gasteiger partial charge >= 0.3 is 0 Å². The second kappa shape index (κ2) is 6.37. The standard InChI is InChI=1S/C19H12ClN3O3S/c20-12-5-3-4-11(8-12)9-16-18(24)23-19(27-16)21-17(22-23)15-10-25-13-6-1-2-7-14(13)26-15/h1-9,15H,10H2/b16-9-. The molecule has 0 saturated heterocycles. The molecular weight excluding hydrogens is 386 g/mol. The number of rotatable bonds is 2. The maximum absolute atomic E-state index is 12.6. The molecule has 1 aliphatic rings. The second-order valence-electron chi connectivity index (χ2n) is 6.00. The van der Waals surface area contributed by atoms with Crippen molar-refractivity contribution in [2.45, 2.75) is 6.10 Å². The molecule has 0 N–H and O–H groups in total. The molecule has 0 bridgehead atoms. The van der Waals surface area contributed by atoms with Crippen molar-refractivity contribution in [1.82, 2.24) is 14.6 Å². The van der Waals surface area contributed by atoms with Crippen LogP contribution < -0.4 is 19.6 Å². The number of aromatic nitrogens is 3. The molecule has 8 heteroatoms. The van der Waals surface area contributed by atoms with E-state index in [2.05, 4.69) is 10.1 Å². The van der Waals surface area contributed by atoms with Crippen molar-refractivity contribution in [2.24, 2.45) is 0 Å². The van der Waals surface area contributed by atoms with Gasteiger partial charge in [-0.25, -0.2) is 0 Å². The highest BCUT2D eigenvalue weighted by molar-refractivity contribution is 7.15. The maximum atomic E-state index is 12.6. The molecule has 2 aromatic heterocycles. The lowest BCUT2D eigenvalue weighted by molar-refractivity contribution is 0.0852. The highest BCUT2D eigenvalue weighted by Crippen LogP contribution is 2.35. The Morgan fingerprint density at radius 1 is 1.19 bits per heavy atom. The predicted octanol–water partition coefficient (Wildman–Crippen LogP) is 2.86. The van der Waals surface area contributed by atoms with E-state index in [1.165, 1.54) is 15.9 Å². The molecular formula is C19H12ClN3O3S. The Kier molecular flexibility index (Phi) is 3.84. The van der Waals surface area contributed by atoms with E-state index in [9.17, 15) is 4.79 Å². The van der Waals surface area contributed by atoms with Crippen LogP contribution >= 0.6 is 22.9 Å². The molecule has 0 spiro atoms. The summed E-state index contributed by atoms with van der Waals surface area (Å²) in [5.41, 5.74) is 0.635. The minimum absolute atomic E-state index is 0.217. The van der Waals surface area contributed by atoms with Gasteiger partial charge in [-0.1, -0.05) is 47.2 Å². The Morgan fingerprint density at radius 2 is 2.04 bits per heavy atom. The molecule has 4 aromatic rings. The molecule has 0 fully saturated rings. The number of thiazole rings is 1. The average Bonchev–Trinajstić information content (AvgIpc) is 3.21. The number of para-hydroxylation sites is 2. The summed E-state index contributed by atoms with van der Waals surface area (Å²) in [5, 5.41) is 4.96. The minimum Gasteiger partial charge on any atom is -0.485 e.